The van der Waals surface area contributed by atoms with Gasteiger partial charge in [0, 0.05) is 11.5 Å². The van der Waals surface area contributed by atoms with E-state index >= 15 is 0 Å². The van der Waals surface area contributed by atoms with Crippen molar-refractivity contribution < 1.29 is 26.4 Å². The van der Waals surface area contributed by atoms with E-state index in [9.17, 15) is 26.4 Å². The van der Waals surface area contributed by atoms with Crippen molar-refractivity contribution in [2.45, 2.75) is 11.3 Å². The summed E-state index contributed by atoms with van der Waals surface area (Å²) in [6, 6.07) is 1.45. The molecule has 0 aliphatic heterocycles. The Morgan fingerprint density at radius 1 is 1.45 bits per heavy atom. The lowest BCUT2D eigenvalue weighted by Gasteiger charge is -2.17. The van der Waals surface area contributed by atoms with Crippen LogP contribution in [0.3, 0.4) is 0 Å². The number of hydrogen-bond acceptors (Lipinski definition) is 3. The van der Waals surface area contributed by atoms with E-state index in [-0.39, 0.29) is 4.47 Å². The van der Waals surface area contributed by atoms with Gasteiger partial charge in [0.05, 0.1) is 17.0 Å². The van der Waals surface area contributed by atoms with Crippen LogP contribution in [0.25, 0.3) is 0 Å². The van der Waals surface area contributed by atoms with Gasteiger partial charge in [-0.05, 0) is 28.1 Å². The first kappa shape index (κ1) is 16.9. The topological polar surface area (TPSA) is 80.5 Å². The molecule has 0 fully saturated rings. The van der Waals surface area contributed by atoms with Crippen molar-refractivity contribution in [1.29, 1.82) is 0 Å². The molecule has 0 unspecified atom stereocenters. The molecule has 1 rings (SSSR count). The average molecular weight is 375 g/mol. The molecule has 1 aromatic carbocycles. The van der Waals surface area contributed by atoms with E-state index in [1.54, 1.807) is 0 Å². The van der Waals surface area contributed by atoms with E-state index in [1.165, 1.54) is 0 Å². The first-order valence-electron chi connectivity index (χ1n) is 5.09. The number of primary sulfonamides is 1. The third-order valence-electron chi connectivity index (χ3n) is 2.32. The van der Waals surface area contributed by atoms with Gasteiger partial charge in [0.1, 0.15) is 5.82 Å². The minimum absolute atomic E-state index is 0.162. The Hall–Kier alpha value is -1.13. The molecule has 0 bridgehead atoms. The van der Waals surface area contributed by atoms with Gasteiger partial charge in [-0.2, -0.15) is 0 Å². The summed E-state index contributed by atoms with van der Waals surface area (Å²) >= 11 is 2.80. The lowest BCUT2D eigenvalue weighted by Crippen LogP contribution is -2.32. The van der Waals surface area contributed by atoms with Crippen LogP contribution in [0.15, 0.2) is 21.5 Å². The number of alkyl halides is 2. The van der Waals surface area contributed by atoms with Gasteiger partial charge in [-0.25, -0.2) is 26.7 Å². The largest absolute Gasteiger partial charge is 0.336 e. The van der Waals surface area contributed by atoms with Crippen LogP contribution in [-0.4, -0.2) is 39.2 Å². The summed E-state index contributed by atoms with van der Waals surface area (Å²) in [5.74, 6) is -2.12. The Labute approximate surface area is 121 Å². The quantitative estimate of drug-likeness (QED) is 0.868. The molecular weight excluding hydrogens is 365 g/mol. The average Bonchev–Trinajstić information content (AvgIpc) is 2.25. The molecule has 0 aliphatic rings. The van der Waals surface area contributed by atoms with Crippen LogP contribution in [0, 0.1) is 5.82 Å². The predicted octanol–water partition coefficient (Wildman–Crippen LogP) is 1.57. The van der Waals surface area contributed by atoms with Gasteiger partial charge in [-0.15, -0.1) is 0 Å². The van der Waals surface area contributed by atoms with Gasteiger partial charge in [0.2, 0.25) is 10.0 Å². The number of nitrogens with two attached hydrogens (primary N) is 1. The highest BCUT2D eigenvalue weighted by Gasteiger charge is 2.23. The van der Waals surface area contributed by atoms with E-state index in [1.807, 2.05) is 0 Å². The second-order valence-corrected chi connectivity index (χ2v) is 6.27. The molecule has 0 saturated carbocycles. The second-order valence-electron chi connectivity index (χ2n) is 3.88. The van der Waals surface area contributed by atoms with Crippen LogP contribution in [0.5, 0.6) is 0 Å². The predicted molar refractivity (Wildman–Crippen MR) is 68.4 cm³/mol. The Balaban J connectivity index is 3.29. The minimum Gasteiger partial charge on any atom is -0.336 e. The van der Waals surface area contributed by atoms with Crippen molar-refractivity contribution in [2.24, 2.45) is 5.14 Å². The summed E-state index contributed by atoms with van der Waals surface area (Å²) in [5, 5.41) is 4.91. The molecule has 1 aromatic rings. The summed E-state index contributed by atoms with van der Waals surface area (Å²) in [4.78, 5) is 11.9. The van der Waals surface area contributed by atoms with Crippen molar-refractivity contribution in [3.63, 3.8) is 0 Å². The van der Waals surface area contributed by atoms with Gasteiger partial charge in [-0.1, -0.05) is 0 Å². The van der Waals surface area contributed by atoms with Crippen LogP contribution >= 0.6 is 15.9 Å². The Bertz CT molecular complexity index is 637. The number of halogens is 4. The van der Waals surface area contributed by atoms with E-state index in [0.29, 0.717) is 11.0 Å². The molecule has 2 N–H and O–H groups in total. The Kier molecular flexibility index (Phi) is 5.16. The molecule has 1 amide bonds. The van der Waals surface area contributed by atoms with Crippen molar-refractivity contribution in [2.75, 3.05) is 13.6 Å². The second kappa shape index (κ2) is 6.10. The molecule has 112 valence electrons. The lowest BCUT2D eigenvalue weighted by molar-refractivity contribution is 0.0616. The number of carbonyl (C=O) groups excluding carboxylic acids is 1. The van der Waals surface area contributed by atoms with Crippen molar-refractivity contribution in [1.82, 2.24) is 4.90 Å². The highest BCUT2D eigenvalue weighted by atomic mass is 79.9. The third kappa shape index (κ3) is 3.93. The number of amides is 1. The molecular formula is C10H10BrF3N2O3S. The number of rotatable bonds is 4. The number of nitrogens with zero attached hydrogens (tertiary/aromatic N) is 1. The van der Waals surface area contributed by atoms with E-state index < -0.39 is 45.2 Å². The molecule has 0 heterocycles. The van der Waals surface area contributed by atoms with E-state index in [2.05, 4.69) is 15.9 Å². The molecule has 20 heavy (non-hydrogen) atoms. The summed E-state index contributed by atoms with van der Waals surface area (Å²) in [7, 11) is -3.14. The molecule has 0 saturated heterocycles. The fourth-order valence-corrected chi connectivity index (χ4v) is 3.01. The molecule has 5 nitrogen and oxygen atoms in total. The monoisotopic (exact) mass is 374 g/mol. The normalized spacial score (nSPS) is 11.8. The van der Waals surface area contributed by atoms with Crippen LogP contribution in [0.1, 0.15) is 10.4 Å². The first-order chi connectivity index (χ1) is 9.04. The van der Waals surface area contributed by atoms with Crippen LogP contribution < -0.4 is 5.14 Å². The zero-order chi connectivity index (χ0) is 15.7. The zero-order valence-electron chi connectivity index (χ0n) is 10.1. The summed E-state index contributed by atoms with van der Waals surface area (Å²) < 4.78 is 60.4. The van der Waals surface area contributed by atoms with Crippen molar-refractivity contribution >= 4 is 31.9 Å². The number of benzene rings is 1. The van der Waals surface area contributed by atoms with Crippen molar-refractivity contribution in [3.8, 4) is 0 Å². The number of hydrogen-bond donors (Lipinski definition) is 1. The summed E-state index contributed by atoms with van der Waals surface area (Å²) in [5.41, 5.74) is -0.652. The molecule has 0 aromatic heterocycles. The molecule has 0 atom stereocenters. The summed E-state index contributed by atoms with van der Waals surface area (Å²) in [6.45, 7) is -0.904. The Morgan fingerprint density at radius 2 is 2.00 bits per heavy atom. The van der Waals surface area contributed by atoms with Gasteiger partial charge >= 0.3 is 0 Å². The lowest BCUT2D eigenvalue weighted by atomic mass is 10.2. The van der Waals surface area contributed by atoms with Crippen LogP contribution in [-0.2, 0) is 10.0 Å². The standard InChI is InChI=1S/C10H10BrF3N2O3S/c1-16(4-9(13)14)10(17)5-2-8(20(15,18)19)6(11)3-7(5)12/h2-3,9H,4H2,1H3,(H2,15,18,19). The molecule has 0 spiro atoms. The van der Waals surface area contributed by atoms with Gasteiger partial charge < -0.3 is 4.90 Å². The van der Waals surface area contributed by atoms with Gasteiger partial charge in [0.25, 0.3) is 12.3 Å². The fraction of sp³-hybridized carbons (Fsp3) is 0.300. The summed E-state index contributed by atoms with van der Waals surface area (Å²) in [6.07, 6.45) is -2.79. The minimum atomic E-state index is -4.19. The van der Waals surface area contributed by atoms with Crippen LogP contribution in [0.2, 0.25) is 0 Å². The molecule has 0 aliphatic carbocycles. The first-order valence-corrected chi connectivity index (χ1v) is 7.43. The smallest absolute Gasteiger partial charge is 0.256 e. The highest BCUT2D eigenvalue weighted by molar-refractivity contribution is 9.10. The van der Waals surface area contributed by atoms with Gasteiger partial charge in [0.15, 0.2) is 0 Å². The number of sulfonamides is 1. The number of carbonyl (C=O) groups is 1. The SMILES string of the molecule is CN(CC(F)F)C(=O)c1cc(S(N)(=O)=O)c(Br)cc1F. The van der Waals surface area contributed by atoms with E-state index in [4.69, 9.17) is 5.14 Å². The maximum absolute atomic E-state index is 13.7. The zero-order valence-corrected chi connectivity index (χ0v) is 12.5. The maximum atomic E-state index is 13.7. The Morgan fingerprint density at radius 3 is 2.45 bits per heavy atom. The highest BCUT2D eigenvalue weighted by Crippen LogP contribution is 2.25. The molecule has 0 radical (unpaired) electrons. The van der Waals surface area contributed by atoms with Crippen LogP contribution in [0.4, 0.5) is 13.2 Å². The maximum Gasteiger partial charge on any atom is 0.256 e. The van der Waals surface area contributed by atoms with E-state index in [0.717, 1.165) is 13.1 Å². The molecule has 10 heteroatoms. The van der Waals surface area contributed by atoms with Gasteiger partial charge in [-0.3, -0.25) is 4.79 Å². The fourth-order valence-electron chi connectivity index (χ4n) is 1.41. The third-order valence-corrected chi connectivity index (χ3v) is 4.19. The van der Waals surface area contributed by atoms with Crippen molar-refractivity contribution in [3.05, 3.63) is 28.0 Å².